The summed E-state index contributed by atoms with van der Waals surface area (Å²) in [6, 6.07) is 11.6. The van der Waals surface area contributed by atoms with Gasteiger partial charge in [-0.25, -0.2) is 0 Å². The topological polar surface area (TPSA) is 3.24 Å². The monoisotopic (exact) mass is 211 g/mol. The van der Waals surface area contributed by atoms with E-state index in [1.54, 1.807) is 0 Å². The second-order valence-electron chi connectivity index (χ2n) is 5.58. The van der Waals surface area contributed by atoms with Crippen molar-refractivity contribution in [1.82, 2.24) is 4.90 Å². The Morgan fingerprint density at radius 1 is 1.12 bits per heavy atom. The molecule has 2 fully saturated rings. The molecule has 1 aromatic carbocycles. The first kappa shape index (κ1) is 9.00. The maximum Gasteiger partial charge on any atom is 0.0344 e. The maximum absolute atomic E-state index is 2.67. The van der Waals surface area contributed by atoms with Crippen LogP contribution in [-0.2, 0) is 6.54 Å². The fourth-order valence-electron chi connectivity index (χ4n) is 3.73. The van der Waals surface area contributed by atoms with Crippen molar-refractivity contribution in [2.75, 3.05) is 6.54 Å². The summed E-state index contributed by atoms with van der Waals surface area (Å²) in [7, 11) is 0. The molecule has 0 N–H and O–H groups in total. The van der Waals surface area contributed by atoms with E-state index in [4.69, 9.17) is 0 Å². The summed E-state index contributed by atoms with van der Waals surface area (Å²) in [5.41, 5.74) is 2.15. The van der Waals surface area contributed by atoms with Crippen molar-refractivity contribution in [2.45, 2.75) is 25.4 Å². The van der Waals surface area contributed by atoms with Crippen LogP contribution in [0, 0.1) is 11.3 Å². The summed E-state index contributed by atoms with van der Waals surface area (Å²) in [6.07, 6.45) is 7.85. The van der Waals surface area contributed by atoms with E-state index in [0.29, 0.717) is 5.41 Å². The van der Waals surface area contributed by atoms with E-state index in [0.717, 1.165) is 18.5 Å². The SMILES string of the molecule is C1=CC2N(Cc3ccccc3)CC1C21CC1. The molecule has 4 rings (SSSR count). The van der Waals surface area contributed by atoms with Crippen molar-refractivity contribution in [3.63, 3.8) is 0 Å². The smallest absolute Gasteiger partial charge is 0.0344 e. The molecule has 0 radical (unpaired) electrons. The predicted molar refractivity (Wildman–Crippen MR) is 64.9 cm³/mol. The van der Waals surface area contributed by atoms with E-state index in [9.17, 15) is 0 Å². The van der Waals surface area contributed by atoms with E-state index >= 15 is 0 Å². The normalized spacial score (nSPS) is 33.8. The highest BCUT2D eigenvalue weighted by molar-refractivity contribution is 5.29. The second kappa shape index (κ2) is 2.98. The molecule has 1 saturated heterocycles. The van der Waals surface area contributed by atoms with Crippen LogP contribution in [-0.4, -0.2) is 17.5 Å². The molecule has 2 bridgehead atoms. The number of hydrogen-bond acceptors (Lipinski definition) is 1. The Morgan fingerprint density at radius 3 is 2.62 bits per heavy atom. The minimum absolute atomic E-state index is 0.689. The first-order valence-electron chi connectivity index (χ1n) is 6.35. The summed E-state index contributed by atoms with van der Waals surface area (Å²) in [6.45, 7) is 2.42. The van der Waals surface area contributed by atoms with Gasteiger partial charge < -0.3 is 0 Å². The van der Waals surface area contributed by atoms with Crippen molar-refractivity contribution in [2.24, 2.45) is 11.3 Å². The van der Waals surface area contributed by atoms with Crippen molar-refractivity contribution >= 4 is 0 Å². The van der Waals surface area contributed by atoms with Crippen molar-refractivity contribution in [3.05, 3.63) is 48.0 Å². The van der Waals surface area contributed by atoms with Crippen LogP contribution in [0.25, 0.3) is 0 Å². The Labute approximate surface area is 96.8 Å². The van der Waals surface area contributed by atoms with Gasteiger partial charge in [0.1, 0.15) is 0 Å². The number of hydrogen-bond donors (Lipinski definition) is 0. The predicted octanol–water partition coefficient (Wildman–Crippen LogP) is 2.84. The number of benzene rings is 1. The highest BCUT2D eigenvalue weighted by Gasteiger charge is 2.61. The quantitative estimate of drug-likeness (QED) is 0.680. The minimum Gasteiger partial charge on any atom is -0.292 e. The number of rotatable bonds is 2. The molecule has 1 saturated carbocycles. The molecule has 2 atom stereocenters. The average Bonchev–Trinajstić information content (AvgIpc) is 2.98. The van der Waals surface area contributed by atoms with Gasteiger partial charge in [0.2, 0.25) is 0 Å². The molecule has 1 nitrogen and oxygen atoms in total. The average molecular weight is 211 g/mol. The third-order valence-corrected chi connectivity index (χ3v) is 4.73. The van der Waals surface area contributed by atoms with Gasteiger partial charge in [0.25, 0.3) is 0 Å². The van der Waals surface area contributed by atoms with Gasteiger partial charge in [0.15, 0.2) is 0 Å². The van der Waals surface area contributed by atoms with Crippen LogP contribution >= 0.6 is 0 Å². The molecule has 1 aliphatic heterocycles. The van der Waals surface area contributed by atoms with E-state index in [1.807, 2.05) is 0 Å². The first-order chi connectivity index (χ1) is 7.88. The van der Waals surface area contributed by atoms with E-state index in [1.165, 1.54) is 24.9 Å². The number of likely N-dealkylation sites (tertiary alicyclic amines) is 1. The van der Waals surface area contributed by atoms with Gasteiger partial charge in [-0.05, 0) is 29.7 Å². The van der Waals surface area contributed by atoms with Gasteiger partial charge in [0, 0.05) is 19.1 Å². The van der Waals surface area contributed by atoms with E-state index in [-0.39, 0.29) is 0 Å². The molecule has 82 valence electrons. The van der Waals surface area contributed by atoms with Gasteiger partial charge >= 0.3 is 0 Å². The van der Waals surface area contributed by atoms with Crippen LogP contribution in [0.3, 0.4) is 0 Å². The first-order valence-corrected chi connectivity index (χ1v) is 6.35. The van der Waals surface area contributed by atoms with Gasteiger partial charge in [0.05, 0.1) is 0 Å². The molecule has 2 aliphatic carbocycles. The Hall–Kier alpha value is -1.08. The molecule has 1 aromatic rings. The van der Waals surface area contributed by atoms with Crippen molar-refractivity contribution < 1.29 is 0 Å². The molecule has 3 aliphatic rings. The van der Waals surface area contributed by atoms with Crippen LogP contribution in [0.4, 0.5) is 0 Å². The van der Waals surface area contributed by atoms with Gasteiger partial charge in [-0.1, -0.05) is 42.5 Å². The van der Waals surface area contributed by atoms with Crippen molar-refractivity contribution in [1.29, 1.82) is 0 Å². The Balaban J connectivity index is 1.57. The summed E-state index contributed by atoms with van der Waals surface area (Å²) < 4.78 is 0. The van der Waals surface area contributed by atoms with Crippen molar-refractivity contribution in [3.8, 4) is 0 Å². The fourth-order valence-corrected chi connectivity index (χ4v) is 3.73. The Morgan fingerprint density at radius 2 is 1.94 bits per heavy atom. The Bertz CT molecular complexity index is 430. The lowest BCUT2D eigenvalue weighted by atomic mass is 9.94. The standard InChI is InChI=1S/C15H17N/c1-2-4-12(5-3-1)10-16-11-13-6-7-14(16)15(13)8-9-15/h1-7,13-14H,8-11H2. The molecule has 2 unspecified atom stereocenters. The summed E-state index contributed by atoms with van der Waals surface area (Å²) in [5, 5.41) is 0. The summed E-state index contributed by atoms with van der Waals surface area (Å²) in [4.78, 5) is 2.67. The van der Waals surface area contributed by atoms with Crippen LogP contribution in [0.1, 0.15) is 18.4 Å². The van der Waals surface area contributed by atoms with Crippen LogP contribution in [0.2, 0.25) is 0 Å². The lowest BCUT2D eigenvalue weighted by molar-refractivity contribution is 0.251. The van der Waals surface area contributed by atoms with E-state index in [2.05, 4.69) is 47.4 Å². The second-order valence-corrected chi connectivity index (χ2v) is 5.58. The minimum atomic E-state index is 0.689. The largest absolute Gasteiger partial charge is 0.292 e. The highest BCUT2D eigenvalue weighted by atomic mass is 15.2. The van der Waals surface area contributed by atoms with Gasteiger partial charge in [-0.15, -0.1) is 0 Å². The van der Waals surface area contributed by atoms with E-state index < -0.39 is 0 Å². The molecular formula is C15H17N. The molecule has 16 heavy (non-hydrogen) atoms. The fraction of sp³-hybridized carbons (Fsp3) is 0.467. The van der Waals surface area contributed by atoms with Crippen LogP contribution in [0.15, 0.2) is 42.5 Å². The summed E-state index contributed by atoms with van der Waals surface area (Å²) in [5.74, 6) is 0.862. The molecular weight excluding hydrogens is 194 g/mol. The maximum atomic E-state index is 2.67. The summed E-state index contributed by atoms with van der Waals surface area (Å²) >= 11 is 0. The third kappa shape index (κ3) is 1.10. The zero-order valence-electron chi connectivity index (χ0n) is 9.47. The van der Waals surface area contributed by atoms with Gasteiger partial charge in [-0.2, -0.15) is 0 Å². The van der Waals surface area contributed by atoms with Gasteiger partial charge in [-0.3, -0.25) is 4.90 Å². The molecule has 1 spiro atoms. The molecule has 1 heterocycles. The van der Waals surface area contributed by atoms with Crippen LogP contribution < -0.4 is 0 Å². The lowest BCUT2D eigenvalue weighted by Gasteiger charge is -2.24. The third-order valence-electron chi connectivity index (χ3n) is 4.73. The Kier molecular flexibility index (Phi) is 1.68. The molecule has 1 heteroatoms. The van der Waals surface area contributed by atoms with Crippen LogP contribution in [0.5, 0.6) is 0 Å². The highest BCUT2D eigenvalue weighted by Crippen LogP contribution is 2.64. The molecule has 0 amide bonds. The zero-order chi connectivity index (χ0) is 10.6. The number of nitrogens with zero attached hydrogens (tertiary/aromatic N) is 1. The molecule has 0 aromatic heterocycles. The zero-order valence-corrected chi connectivity index (χ0v) is 9.47. The lowest BCUT2D eigenvalue weighted by Crippen LogP contribution is -2.31.